The molecule has 0 radical (unpaired) electrons. The number of nitrogens with zero attached hydrogens (tertiary/aromatic N) is 1. The first-order valence-electron chi connectivity index (χ1n) is 6.43. The second-order valence-corrected chi connectivity index (χ2v) is 4.86. The number of allylic oxidation sites excluding steroid dienone is 1. The van der Waals surface area contributed by atoms with Gasteiger partial charge in [-0.05, 0) is 29.5 Å². The maximum Gasteiger partial charge on any atom is 0.0346 e. The van der Waals surface area contributed by atoms with Crippen LogP contribution in [0.15, 0.2) is 60.9 Å². The Hall–Kier alpha value is -1.89. The van der Waals surface area contributed by atoms with E-state index in [0.29, 0.717) is 5.92 Å². The molecule has 0 aliphatic carbocycles. The highest BCUT2D eigenvalue weighted by molar-refractivity contribution is 5.79. The van der Waals surface area contributed by atoms with Crippen molar-refractivity contribution >= 4 is 5.57 Å². The molecule has 1 nitrogen and oxygen atoms in total. The first-order chi connectivity index (χ1) is 8.77. The molecule has 0 amide bonds. The van der Waals surface area contributed by atoms with E-state index in [2.05, 4.69) is 55.2 Å². The van der Waals surface area contributed by atoms with Crippen molar-refractivity contribution < 1.29 is 0 Å². The van der Waals surface area contributed by atoms with E-state index in [9.17, 15) is 0 Å². The molecule has 1 heteroatoms. The van der Waals surface area contributed by atoms with Crippen LogP contribution in [-0.2, 0) is 0 Å². The molecule has 0 atom stereocenters. The van der Waals surface area contributed by atoms with E-state index in [0.717, 1.165) is 6.42 Å². The Morgan fingerprint density at radius 1 is 1.06 bits per heavy atom. The van der Waals surface area contributed by atoms with Gasteiger partial charge in [0.05, 0.1) is 0 Å². The van der Waals surface area contributed by atoms with Crippen LogP contribution < -0.4 is 0 Å². The lowest BCUT2D eigenvalue weighted by atomic mass is 9.96. The summed E-state index contributed by atoms with van der Waals surface area (Å²) in [5, 5.41) is 0. The number of benzene rings is 1. The van der Waals surface area contributed by atoms with Crippen LogP contribution in [0.2, 0.25) is 0 Å². The molecule has 0 unspecified atom stereocenters. The molecule has 92 valence electrons. The van der Waals surface area contributed by atoms with Crippen molar-refractivity contribution in [1.82, 2.24) is 4.98 Å². The minimum atomic E-state index is 0.667. The van der Waals surface area contributed by atoms with Gasteiger partial charge in [0.1, 0.15) is 0 Å². The zero-order valence-corrected chi connectivity index (χ0v) is 11.0. The number of rotatable bonds is 4. The second kappa shape index (κ2) is 6.15. The average Bonchev–Trinajstić information content (AvgIpc) is 2.41. The van der Waals surface area contributed by atoms with Crippen LogP contribution in [0.3, 0.4) is 0 Å². The monoisotopic (exact) mass is 237 g/mol. The minimum absolute atomic E-state index is 0.667. The van der Waals surface area contributed by atoms with Crippen molar-refractivity contribution in [3.05, 3.63) is 72.1 Å². The second-order valence-electron chi connectivity index (χ2n) is 4.86. The van der Waals surface area contributed by atoms with E-state index >= 15 is 0 Å². The van der Waals surface area contributed by atoms with Gasteiger partial charge in [-0.25, -0.2) is 0 Å². The highest BCUT2D eigenvalue weighted by Gasteiger charge is 2.04. The van der Waals surface area contributed by atoms with Crippen LogP contribution >= 0.6 is 0 Å². The van der Waals surface area contributed by atoms with E-state index < -0.39 is 0 Å². The molecule has 2 rings (SSSR count). The number of hydrogen-bond donors (Lipinski definition) is 0. The predicted molar refractivity (Wildman–Crippen MR) is 77.2 cm³/mol. The number of pyridine rings is 1. The largest absolute Gasteiger partial charge is 0.264 e. The third-order valence-corrected chi connectivity index (χ3v) is 2.85. The summed E-state index contributed by atoms with van der Waals surface area (Å²) in [4.78, 5) is 4.22. The Kier molecular flexibility index (Phi) is 4.30. The summed E-state index contributed by atoms with van der Waals surface area (Å²) in [6.07, 6.45) is 7.14. The maximum atomic E-state index is 4.22. The van der Waals surface area contributed by atoms with Crippen LogP contribution in [0.5, 0.6) is 0 Å². The summed E-state index contributed by atoms with van der Waals surface area (Å²) in [5.41, 5.74) is 3.72. The first-order valence-corrected chi connectivity index (χ1v) is 6.43. The summed E-state index contributed by atoms with van der Waals surface area (Å²) < 4.78 is 0. The molecular formula is C17H19N. The van der Waals surface area contributed by atoms with E-state index in [1.165, 1.54) is 16.7 Å². The summed E-state index contributed by atoms with van der Waals surface area (Å²) in [6, 6.07) is 14.6. The van der Waals surface area contributed by atoms with Crippen molar-refractivity contribution in [3.63, 3.8) is 0 Å². The van der Waals surface area contributed by atoms with Crippen molar-refractivity contribution in [3.8, 4) is 0 Å². The quantitative estimate of drug-likeness (QED) is 0.759. The zero-order valence-electron chi connectivity index (χ0n) is 11.0. The topological polar surface area (TPSA) is 12.9 Å². The van der Waals surface area contributed by atoms with Gasteiger partial charge in [0.25, 0.3) is 0 Å². The SMILES string of the molecule is CC(C)C/C=C(/c1ccccc1)c1cccnc1. The van der Waals surface area contributed by atoms with Crippen molar-refractivity contribution in [2.24, 2.45) is 5.92 Å². The molecule has 18 heavy (non-hydrogen) atoms. The van der Waals surface area contributed by atoms with Crippen LogP contribution in [-0.4, -0.2) is 4.98 Å². The van der Waals surface area contributed by atoms with E-state index in [1.54, 1.807) is 0 Å². The minimum Gasteiger partial charge on any atom is -0.264 e. The first kappa shape index (κ1) is 12.6. The molecule has 2 aromatic rings. The lowest BCUT2D eigenvalue weighted by Crippen LogP contribution is -1.91. The molecule has 1 aromatic heterocycles. The third kappa shape index (κ3) is 3.30. The van der Waals surface area contributed by atoms with Crippen molar-refractivity contribution in [2.75, 3.05) is 0 Å². The Morgan fingerprint density at radius 2 is 1.78 bits per heavy atom. The van der Waals surface area contributed by atoms with Gasteiger partial charge in [-0.15, -0.1) is 0 Å². The lowest BCUT2D eigenvalue weighted by Gasteiger charge is -2.09. The average molecular weight is 237 g/mol. The fourth-order valence-corrected chi connectivity index (χ4v) is 1.90. The van der Waals surface area contributed by atoms with Gasteiger partial charge in [0, 0.05) is 18.0 Å². The molecule has 1 aromatic carbocycles. The van der Waals surface area contributed by atoms with Gasteiger partial charge in [-0.1, -0.05) is 56.3 Å². The normalized spacial score (nSPS) is 11.8. The molecule has 0 fully saturated rings. The molecule has 0 saturated carbocycles. The fourth-order valence-electron chi connectivity index (χ4n) is 1.90. The molecule has 0 aliphatic rings. The van der Waals surface area contributed by atoms with Gasteiger partial charge >= 0.3 is 0 Å². The Balaban J connectivity index is 2.39. The molecule has 1 heterocycles. The van der Waals surface area contributed by atoms with Crippen LogP contribution in [0.25, 0.3) is 5.57 Å². The zero-order chi connectivity index (χ0) is 12.8. The van der Waals surface area contributed by atoms with E-state index in [-0.39, 0.29) is 0 Å². The summed E-state index contributed by atoms with van der Waals surface area (Å²) >= 11 is 0. The molecule has 0 spiro atoms. The van der Waals surface area contributed by atoms with Crippen LogP contribution in [0, 0.1) is 5.92 Å². The maximum absolute atomic E-state index is 4.22. The van der Waals surface area contributed by atoms with Gasteiger partial charge in [0.2, 0.25) is 0 Å². The fraction of sp³-hybridized carbons (Fsp3) is 0.235. The van der Waals surface area contributed by atoms with Crippen molar-refractivity contribution in [2.45, 2.75) is 20.3 Å². The van der Waals surface area contributed by atoms with Gasteiger partial charge in [-0.3, -0.25) is 4.98 Å². The highest BCUT2D eigenvalue weighted by atomic mass is 14.6. The highest BCUT2D eigenvalue weighted by Crippen LogP contribution is 2.23. The molecule has 0 bridgehead atoms. The van der Waals surface area contributed by atoms with Gasteiger partial charge < -0.3 is 0 Å². The van der Waals surface area contributed by atoms with Gasteiger partial charge in [-0.2, -0.15) is 0 Å². The summed E-state index contributed by atoms with van der Waals surface area (Å²) in [5.74, 6) is 0.667. The molecule has 0 N–H and O–H groups in total. The standard InChI is InChI=1S/C17H19N/c1-14(2)10-11-17(15-7-4-3-5-8-15)16-9-6-12-18-13-16/h3-9,11-14H,10H2,1-2H3/b17-11-. The lowest BCUT2D eigenvalue weighted by molar-refractivity contribution is 0.664. The number of hydrogen-bond acceptors (Lipinski definition) is 1. The van der Waals surface area contributed by atoms with Crippen LogP contribution in [0.4, 0.5) is 0 Å². The number of aromatic nitrogens is 1. The Labute approximate surface area is 109 Å². The van der Waals surface area contributed by atoms with Crippen LogP contribution in [0.1, 0.15) is 31.4 Å². The van der Waals surface area contributed by atoms with E-state index in [4.69, 9.17) is 0 Å². The Morgan fingerprint density at radius 3 is 2.39 bits per heavy atom. The van der Waals surface area contributed by atoms with E-state index in [1.807, 2.05) is 24.5 Å². The van der Waals surface area contributed by atoms with Gasteiger partial charge in [0.15, 0.2) is 0 Å². The predicted octanol–water partition coefficient (Wildman–Crippen LogP) is 4.56. The molecular weight excluding hydrogens is 218 g/mol. The molecule has 0 aliphatic heterocycles. The molecule has 0 saturated heterocycles. The third-order valence-electron chi connectivity index (χ3n) is 2.85. The van der Waals surface area contributed by atoms with Crippen molar-refractivity contribution in [1.29, 1.82) is 0 Å². The Bertz CT molecular complexity index is 456. The smallest absolute Gasteiger partial charge is 0.0346 e. The summed E-state index contributed by atoms with van der Waals surface area (Å²) in [7, 11) is 0. The summed E-state index contributed by atoms with van der Waals surface area (Å²) in [6.45, 7) is 4.48.